The Morgan fingerprint density at radius 2 is 2.00 bits per heavy atom. The molecule has 2 amide bonds. The second-order valence-corrected chi connectivity index (χ2v) is 7.75. The molecule has 0 unspecified atom stereocenters. The zero-order valence-electron chi connectivity index (χ0n) is 15.4. The average Bonchev–Trinajstić information content (AvgIpc) is 3.01. The lowest BCUT2D eigenvalue weighted by atomic mass is 10.1. The van der Waals surface area contributed by atoms with Crippen molar-refractivity contribution in [2.75, 3.05) is 18.4 Å². The first kappa shape index (κ1) is 19.8. The smallest absolute Gasteiger partial charge is 0.247 e. The third-order valence-corrected chi connectivity index (χ3v) is 4.54. The summed E-state index contributed by atoms with van der Waals surface area (Å²) < 4.78 is 0. The zero-order chi connectivity index (χ0) is 18.9. The fourth-order valence-corrected chi connectivity index (χ4v) is 2.94. The summed E-state index contributed by atoms with van der Waals surface area (Å²) in [5.74, 6) is 0.0533. The molecule has 1 aromatic carbocycles. The summed E-state index contributed by atoms with van der Waals surface area (Å²) in [5, 5.41) is 3.32. The standard InChI is InChI=1S/C20H25N3O2S/c1-15(2)11-12-23(14-18(24)22-20-21-13-16(3)26-20)19(25)10-9-17-7-5-4-6-8-17/h4-10,13,15H,11-12,14H2,1-3H3,(H,21,22,24). The molecule has 1 N–H and O–H groups in total. The Morgan fingerprint density at radius 1 is 1.27 bits per heavy atom. The summed E-state index contributed by atoms with van der Waals surface area (Å²) in [4.78, 5) is 31.6. The van der Waals surface area contributed by atoms with Crippen LogP contribution in [0.2, 0.25) is 0 Å². The van der Waals surface area contributed by atoms with Crippen LogP contribution in [-0.2, 0) is 9.59 Å². The summed E-state index contributed by atoms with van der Waals surface area (Å²) in [5.41, 5.74) is 0.951. The maximum absolute atomic E-state index is 12.6. The molecule has 26 heavy (non-hydrogen) atoms. The second kappa shape index (κ2) is 9.87. The highest BCUT2D eigenvalue weighted by atomic mass is 32.1. The summed E-state index contributed by atoms with van der Waals surface area (Å²) >= 11 is 1.42. The summed E-state index contributed by atoms with van der Waals surface area (Å²) in [6, 6.07) is 9.63. The van der Waals surface area contributed by atoms with Crippen LogP contribution in [0.15, 0.2) is 42.6 Å². The van der Waals surface area contributed by atoms with Crippen LogP contribution >= 0.6 is 11.3 Å². The molecule has 1 aromatic heterocycles. The van der Waals surface area contributed by atoms with Crippen LogP contribution < -0.4 is 5.32 Å². The van der Waals surface area contributed by atoms with Gasteiger partial charge in [-0.05, 0) is 30.9 Å². The van der Waals surface area contributed by atoms with Crippen molar-refractivity contribution in [2.24, 2.45) is 5.92 Å². The molecular formula is C20H25N3O2S. The van der Waals surface area contributed by atoms with Crippen molar-refractivity contribution in [3.05, 3.63) is 53.0 Å². The van der Waals surface area contributed by atoms with E-state index in [0.717, 1.165) is 16.9 Å². The van der Waals surface area contributed by atoms with E-state index in [1.165, 1.54) is 17.4 Å². The van der Waals surface area contributed by atoms with Crippen LogP contribution in [0.3, 0.4) is 0 Å². The second-order valence-electron chi connectivity index (χ2n) is 6.51. The molecule has 138 valence electrons. The van der Waals surface area contributed by atoms with Gasteiger partial charge in [-0.25, -0.2) is 4.98 Å². The number of aromatic nitrogens is 1. The predicted molar refractivity (Wildman–Crippen MR) is 107 cm³/mol. The van der Waals surface area contributed by atoms with Crippen molar-refractivity contribution in [1.82, 2.24) is 9.88 Å². The number of rotatable bonds is 8. The van der Waals surface area contributed by atoms with E-state index in [1.807, 2.05) is 37.3 Å². The average molecular weight is 372 g/mol. The molecule has 0 spiro atoms. The van der Waals surface area contributed by atoms with E-state index in [2.05, 4.69) is 24.1 Å². The van der Waals surface area contributed by atoms with Crippen molar-refractivity contribution < 1.29 is 9.59 Å². The maximum Gasteiger partial charge on any atom is 0.247 e. The minimum absolute atomic E-state index is 0.0172. The van der Waals surface area contributed by atoms with E-state index in [9.17, 15) is 9.59 Å². The molecule has 0 aliphatic heterocycles. The third kappa shape index (κ3) is 6.80. The number of hydrogen-bond acceptors (Lipinski definition) is 4. The first-order chi connectivity index (χ1) is 12.4. The van der Waals surface area contributed by atoms with E-state index < -0.39 is 0 Å². The molecule has 0 saturated carbocycles. The Kier molecular flexibility index (Phi) is 7.53. The van der Waals surface area contributed by atoms with Crippen LogP contribution in [0, 0.1) is 12.8 Å². The van der Waals surface area contributed by atoms with Gasteiger partial charge in [-0.2, -0.15) is 0 Å². The van der Waals surface area contributed by atoms with Gasteiger partial charge in [0.15, 0.2) is 5.13 Å². The number of hydrogen-bond donors (Lipinski definition) is 1. The van der Waals surface area contributed by atoms with Crippen molar-refractivity contribution >= 4 is 34.4 Å². The van der Waals surface area contributed by atoms with Gasteiger partial charge < -0.3 is 10.2 Å². The SMILES string of the molecule is Cc1cnc(NC(=O)CN(CCC(C)C)C(=O)C=Cc2ccccc2)s1. The van der Waals surface area contributed by atoms with Gasteiger partial charge in [-0.3, -0.25) is 9.59 Å². The number of nitrogens with one attached hydrogen (secondary N) is 1. The van der Waals surface area contributed by atoms with Crippen molar-refractivity contribution in [2.45, 2.75) is 27.2 Å². The summed E-state index contributed by atoms with van der Waals surface area (Å²) in [7, 11) is 0. The van der Waals surface area contributed by atoms with Crippen LogP contribution in [0.25, 0.3) is 6.08 Å². The Morgan fingerprint density at radius 3 is 2.62 bits per heavy atom. The fourth-order valence-electron chi connectivity index (χ4n) is 2.26. The number of carbonyl (C=O) groups is 2. The van der Waals surface area contributed by atoms with E-state index in [1.54, 1.807) is 17.2 Å². The molecule has 0 aliphatic rings. The Balaban J connectivity index is 2.00. The molecule has 0 aliphatic carbocycles. The van der Waals surface area contributed by atoms with Crippen molar-refractivity contribution in [3.8, 4) is 0 Å². The molecule has 6 heteroatoms. The molecule has 2 rings (SSSR count). The Bertz CT molecular complexity index is 753. The van der Waals surface area contributed by atoms with Gasteiger partial charge in [0, 0.05) is 23.7 Å². The number of amides is 2. The van der Waals surface area contributed by atoms with Crippen LogP contribution in [0.1, 0.15) is 30.7 Å². The monoisotopic (exact) mass is 371 g/mol. The number of nitrogens with zero attached hydrogens (tertiary/aromatic N) is 2. The molecule has 1 heterocycles. The minimum Gasteiger partial charge on any atom is -0.330 e. The first-order valence-electron chi connectivity index (χ1n) is 8.68. The number of thiazole rings is 1. The maximum atomic E-state index is 12.6. The molecule has 0 saturated heterocycles. The van der Waals surface area contributed by atoms with E-state index in [4.69, 9.17) is 0 Å². The topological polar surface area (TPSA) is 62.3 Å². The third-order valence-electron chi connectivity index (χ3n) is 3.71. The number of benzene rings is 1. The molecule has 2 aromatic rings. The van der Waals surface area contributed by atoms with E-state index in [-0.39, 0.29) is 18.4 Å². The largest absolute Gasteiger partial charge is 0.330 e. The van der Waals surface area contributed by atoms with Crippen LogP contribution in [-0.4, -0.2) is 34.8 Å². The summed E-state index contributed by atoms with van der Waals surface area (Å²) in [6.45, 7) is 6.69. The van der Waals surface area contributed by atoms with Gasteiger partial charge in [0.1, 0.15) is 6.54 Å². The van der Waals surface area contributed by atoms with E-state index >= 15 is 0 Å². The molecule has 0 fully saturated rings. The molecular weight excluding hydrogens is 346 g/mol. The highest BCUT2D eigenvalue weighted by molar-refractivity contribution is 7.15. The van der Waals surface area contributed by atoms with Crippen molar-refractivity contribution in [3.63, 3.8) is 0 Å². The number of anilines is 1. The van der Waals surface area contributed by atoms with Crippen molar-refractivity contribution in [1.29, 1.82) is 0 Å². The molecule has 0 radical (unpaired) electrons. The van der Waals surface area contributed by atoms with E-state index in [0.29, 0.717) is 17.6 Å². The van der Waals surface area contributed by atoms with Gasteiger partial charge in [0.05, 0.1) is 0 Å². The highest BCUT2D eigenvalue weighted by Crippen LogP contribution is 2.16. The normalized spacial score (nSPS) is 11.1. The zero-order valence-corrected chi connectivity index (χ0v) is 16.3. The van der Waals surface area contributed by atoms with Gasteiger partial charge in [0.25, 0.3) is 0 Å². The number of aryl methyl sites for hydroxylation is 1. The number of carbonyl (C=O) groups excluding carboxylic acids is 2. The lowest BCUT2D eigenvalue weighted by Crippen LogP contribution is -2.38. The lowest BCUT2D eigenvalue weighted by molar-refractivity contribution is -0.130. The lowest BCUT2D eigenvalue weighted by Gasteiger charge is -2.21. The van der Waals surface area contributed by atoms with Gasteiger partial charge >= 0.3 is 0 Å². The predicted octanol–water partition coefficient (Wildman–Crippen LogP) is 3.98. The van der Waals surface area contributed by atoms with Crippen LogP contribution in [0.5, 0.6) is 0 Å². The van der Waals surface area contributed by atoms with Gasteiger partial charge in [-0.1, -0.05) is 44.2 Å². The quantitative estimate of drug-likeness (QED) is 0.714. The molecule has 0 atom stereocenters. The van der Waals surface area contributed by atoms with Gasteiger partial charge in [0.2, 0.25) is 11.8 Å². The molecule has 5 nitrogen and oxygen atoms in total. The first-order valence-corrected chi connectivity index (χ1v) is 9.50. The highest BCUT2D eigenvalue weighted by Gasteiger charge is 2.16. The van der Waals surface area contributed by atoms with Gasteiger partial charge in [-0.15, -0.1) is 11.3 Å². The van der Waals surface area contributed by atoms with Crippen LogP contribution in [0.4, 0.5) is 5.13 Å². The summed E-state index contributed by atoms with van der Waals surface area (Å²) in [6.07, 6.45) is 5.85. The fraction of sp³-hybridized carbons (Fsp3) is 0.350. The Labute approximate surface area is 158 Å². The molecule has 0 bridgehead atoms. The Hall–Kier alpha value is -2.47. The minimum atomic E-state index is -0.232.